The SMILES string of the molecule is O=C(O)Nc1ccc(-n2ccccc2=O)cc1F. The van der Waals surface area contributed by atoms with Crippen molar-refractivity contribution in [2.45, 2.75) is 0 Å². The molecule has 92 valence electrons. The average Bonchev–Trinajstić information content (AvgIpc) is 2.32. The summed E-state index contributed by atoms with van der Waals surface area (Å²) in [6.07, 6.45) is 0.153. The molecule has 0 saturated heterocycles. The van der Waals surface area contributed by atoms with E-state index in [9.17, 15) is 14.0 Å². The lowest BCUT2D eigenvalue weighted by Gasteiger charge is -2.07. The van der Waals surface area contributed by atoms with E-state index in [2.05, 4.69) is 0 Å². The normalized spacial score (nSPS) is 10.1. The summed E-state index contributed by atoms with van der Waals surface area (Å²) in [5.74, 6) is -0.745. The monoisotopic (exact) mass is 248 g/mol. The quantitative estimate of drug-likeness (QED) is 0.854. The van der Waals surface area contributed by atoms with Gasteiger partial charge in [0.05, 0.1) is 11.4 Å². The Bertz CT molecular complexity index is 652. The molecule has 0 radical (unpaired) electrons. The number of nitrogens with zero attached hydrogens (tertiary/aromatic N) is 1. The van der Waals surface area contributed by atoms with Gasteiger partial charge in [-0.05, 0) is 18.2 Å². The van der Waals surface area contributed by atoms with Gasteiger partial charge in [-0.25, -0.2) is 9.18 Å². The molecule has 0 atom stereocenters. The van der Waals surface area contributed by atoms with Crippen LogP contribution in [0.3, 0.4) is 0 Å². The van der Waals surface area contributed by atoms with Crippen LogP contribution >= 0.6 is 0 Å². The molecule has 2 N–H and O–H groups in total. The zero-order chi connectivity index (χ0) is 13.1. The van der Waals surface area contributed by atoms with Gasteiger partial charge in [-0.15, -0.1) is 0 Å². The predicted molar refractivity (Wildman–Crippen MR) is 63.6 cm³/mol. The Labute approximate surface area is 101 Å². The molecule has 1 aromatic carbocycles. The number of hydrogen-bond donors (Lipinski definition) is 2. The number of carbonyl (C=O) groups is 1. The van der Waals surface area contributed by atoms with Gasteiger partial charge in [-0.1, -0.05) is 6.07 Å². The average molecular weight is 248 g/mol. The number of halogens is 1. The molecule has 2 aromatic rings. The number of benzene rings is 1. The van der Waals surface area contributed by atoms with Crippen LogP contribution in [0.4, 0.5) is 14.9 Å². The molecule has 1 amide bonds. The van der Waals surface area contributed by atoms with Crippen molar-refractivity contribution in [2.24, 2.45) is 0 Å². The van der Waals surface area contributed by atoms with Gasteiger partial charge in [0, 0.05) is 18.3 Å². The highest BCUT2D eigenvalue weighted by Gasteiger charge is 2.07. The maximum absolute atomic E-state index is 13.6. The van der Waals surface area contributed by atoms with E-state index in [0.717, 1.165) is 6.07 Å². The van der Waals surface area contributed by atoms with Crippen LogP contribution in [0.5, 0.6) is 0 Å². The van der Waals surface area contributed by atoms with Gasteiger partial charge in [0.1, 0.15) is 5.82 Å². The Morgan fingerprint density at radius 1 is 1.28 bits per heavy atom. The Balaban J connectivity index is 2.44. The van der Waals surface area contributed by atoms with Crippen molar-refractivity contribution in [3.8, 4) is 5.69 Å². The summed E-state index contributed by atoms with van der Waals surface area (Å²) in [7, 11) is 0. The zero-order valence-electron chi connectivity index (χ0n) is 9.13. The molecule has 0 unspecified atom stereocenters. The van der Waals surface area contributed by atoms with Crippen molar-refractivity contribution in [1.82, 2.24) is 4.57 Å². The van der Waals surface area contributed by atoms with Crippen molar-refractivity contribution in [3.05, 3.63) is 58.8 Å². The summed E-state index contributed by atoms with van der Waals surface area (Å²) in [6, 6.07) is 8.38. The van der Waals surface area contributed by atoms with Gasteiger partial charge in [0.2, 0.25) is 0 Å². The molecule has 0 aliphatic heterocycles. The molecule has 1 aromatic heterocycles. The second-order valence-electron chi connectivity index (χ2n) is 3.50. The highest BCUT2D eigenvalue weighted by atomic mass is 19.1. The largest absolute Gasteiger partial charge is 0.465 e. The first-order chi connectivity index (χ1) is 8.58. The minimum Gasteiger partial charge on any atom is -0.465 e. The van der Waals surface area contributed by atoms with E-state index in [1.165, 1.54) is 29.0 Å². The van der Waals surface area contributed by atoms with Crippen molar-refractivity contribution >= 4 is 11.8 Å². The molecule has 0 fully saturated rings. The zero-order valence-corrected chi connectivity index (χ0v) is 9.13. The number of pyridine rings is 1. The summed E-state index contributed by atoms with van der Waals surface area (Å²) in [6.45, 7) is 0. The number of anilines is 1. The molecular weight excluding hydrogens is 239 g/mol. The van der Waals surface area contributed by atoms with Gasteiger partial charge in [0.15, 0.2) is 0 Å². The highest BCUT2D eigenvalue weighted by Crippen LogP contribution is 2.17. The molecule has 0 bridgehead atoms. The number of rotatable bonds is 2. The number of amides is 1. The van der Waals surface area contributed by atoms with Crippen molar-refractivity contribution in [1.29, 1.82) is 0 Å². The molecule has 0 spiro atoms. The fourth-order valence-corrected chi connectivity index (χ4v) is 1.51. The van der Waals surface area contributed by atoms with Crippen LogP contribution in [0.25, 0.3) is 5.69 Å². The van der Waals surface area contributed by atoms with E-state index < -0.39 is 11.9 Å². The van der Waals surface area contributed by atoms with Gasteiger partial charge in [0.25, 0.3) is 5.56 Å². The minimum absolute atomic E-state index is 0.157. The minimum atomic E-state index is -1.35. The summed E-state index contributed by atoms with van der Waals surface area (Å²) >= 11 is 0. The predicted octanol–water partition coefficient (Wildman–Crippen LogP) is 2.07. The van der Waals surface area contributed by atoms with Crippen LogP contribution in [-0.2, 0) is 0 Å². The topological polar surface area (TPSA) is 71.3 Å². The lowest BCUT2D eigenvalue weighted by Crippen LogP contribution is -2.16. The van der Waals surface area contributed by atoms with Crippen LogP contribution in [0.1, 0.15) is 0 Å². The summed E-state index contributed by atoms with van der Waals surface area (Å²) in [4.78, 5) is 21.9. The lowest BCUT2D eigenvalue weighted by atomic mass is 10.2. The second kappa shape index (κ2) is 4.70. The van der Waals surface area contributed by atoms with E-state index in [-0.39, 0.29) is 11.2 Å². The molecule has 0 aliphatic rings. The summed E-state index contributed by atoms with van der Waals surface area (Å²) in [5, 5.41) is 10.4. The number of hydrogen-bond acceptors (Lipinski definition) is 2. The van der Waals surface area contributed by atoms with Crippen LogP contribution in [0.2, 0.25) is 0 Å². The van der Waals surface area contributed by atoms with Crippen molar-refractivity contribution in [3.63, 3.8) is 0 Å². The molecule has 0 aliphatic carbocycles. The van der Waals surface area contributed by atoms with Crippen LogP contribution < -0.4 is 10.9 Å². The molecule has 1 heterocycles. The Morgan fingerprint density at radius 3 is 2.67 bits per heavy atom. The Hall–Kier alpha value is -2.63. The third kappa shape index (κ3) is 2.37. The Kier molecular flexibility index (Phi) is 3.09. The maximum Gasteiger partial charge on any atom is 0.409 e. The van der Waals surface area contributed by atoms with Gasteiger partial charge in [-0.3, -0.25) is 14.7 Å². The van der Waals surface area contributed by atoms with Gasteiger partial charge in [-0.2, -0.15) is 0 Å². The van der Waals surface area contributed by atoms with Crippen molar-refractivity contribution in [2.75, 3.05) is 5.32 Å². The Morgan fingerprint density at radius 2 is 2.06 bits per heavy atom. The lowest BCUT2D eigenvalue weighted by molar-refractivity contribution is 0.209. The van der Waals surface area contributed by atoms with Crippen LogP contribution in [-0.4, -0.2) is 15.8 Å². The third-order valence-corrected chi connectivity index (χ3v) is 2.29. The van der Waals surface area contributed by atoms with E-state index in [4.69, 9.17) is 5.11 Å². The van der Waals surface area contributed by atoms with E-state index in [1.54, 1.807) is 12.1 Å². The smallest absolute Gasteiger partial charge is 0.409 e. The third-order valence-electron chi connectivity index (χ3n) is 2.29. The fraction of sp³-hybridized carbons (Fsp3) is 0. The molecule has 0 saturated carbocycles. The fourth-order valence-electron chi connectivity index (χ4n) is 1.51. The highest BCUT2D eigenvalue weighted by molar-refractivity contribution is 5.83. The van der Waals surface area contributed by atoms with Gasteiger partial charge < -0.3 is 5.11 Å². The summed E-state index contributed by atoms with van der Waals surface area (Å²) in [5.41, 5.74) is -0.125. The molecular formula is C12H9FN2O3. The van der Waals surface area contributed by atoms with E-state index >= 15 is 0 Å². The van der Waals surface area contributed by atoms with E-state index in [0.29, 0.717) is 5.69 Å². The number of nitrogens with one attached hydrogen (secondary N) is 1. The van der Waals surface area contributed by atoms with Crippen LogP contribution in [0.15, 0.2) is 47.4 Å². The number of carboxylic acid groups (broad SMARTS) is 1. The summed E-state index contributed by atoms with van der Waals surface area (Å²) < 4.78 is 14.8. The van der Waals surface area contributed by atoms with Crippen LogP contribution in [0, 0.1) is 5.82 Å². The second-order valence-corrected chi connectivity index (χ2v) is 3.50. The molecule has 6 heteroatoms. The first-order valence-corrected chi connectivity index (χ1v) is 5.05. The van der Waals surface area contributed by atoms with E-state index in [1.807, 2.05) is 5.32 Å². The molecule has 18 heavy (non-hydrogen) atoms. The maximum atomic E-state index is 13.6. The first kappa shape index (κ1) is 11.8. The molecule has 2 rings (SSSR count). The van der Waals surface area contributed by atoms with Gasteiger partial charge >= 0.3 is 6.09 Å². The van der Waals surface area contributed by atoms with Crippen molar-refractivity contribution < 1.29 is 14.3 Å². The number of aromatic nitrogens is 1. The first-order valence-electron chi connectivity index (χ1n) is 5.05. The molecule has 5 nitrogen and oxygen atoms in total. The standard InChI is InChI=1S/C12H9FN2O3/c13-9-7-8(4-5-10(9)14-12(17)18)15-6-2-1-3-11(15)16/h1-7,14H,(H,17,18).